The molecule has 0 amide bonds. The highest BCUT2D eigenvalue weighted by Crippen LogP contribution is 2.33. The molecule has 1 heteroatoms. The average Bonchev–Trinajstić information content (AvgIpc) is 2.56. The van der Waals surface area contributed by atoms with Crippen LogP contribution in [0.1, 0.15) is 11.1 Å². The number of nitrogens with zero attached hydrogens (tertiary/aromatic N) is 1. The van der Waals surface area contributed by atoms with Gasteiger partial charge in [0.2, 0.25) is 0 Å². The maximum atomic E-state index is 9.61. The fraction of sp³-hybridized carbons (Fsp3) is 0.0500. The first-order valence-electron chi connectivity index (χ1n) is 6.98. The molecule has 0 aromatic heterocycles. The Balaban J connectivity index is 2.00. The van der Waals surface area contributed by atoms with Crippen LogP contribution < -0.4 is 0 Å². The Labute approximate surface area is 125 Å². The van der Waals surface area contributed by atoms with Crippen LogP contribution in [0.5, 0.6) is 0 Å². The molecule has 0 heterocycles. The molecular weight excluding hydrogens is 254 g/mol. The maximum Gasteiger partial charge on any atom is 0.0968 e. The molecule has 100 valence electrons. The lowest BCUT2D eigenvalue weighted by atomic mass is 9.83. The van der Waals surface area contributed by atoms with Gasteiger partial charge in [-0.2, -0.15) is 5.26 Å². The van der Waals surface area contributed by atoms with Crippen LogP contribution in [-0.2, 0) is 0 Å². The second-order valence-corrected chi connectivity index (χ2v) is 4.96. The number of hydrogen-bond donors (Lipinski definition) is 0. The van der Waals surface area contributed by atoms with Crippen LogP contribution in [0.2, 0.25) is 0 Å². The monoisotopic (exact) mass is 269 g/mol. The van der Waals surface area contributed by atoms with Crippen molar-refractivity contribution in [3.8, 4) is 6.07 Å². The molecule has 0 fully saturated rings. The molecule has 21 heavy (non-hydrogen) atoms. The van der Waals surface area contributed by atoms with E-state index in [-0.39, 0.29) is 5.92 Å². The zero-order valence-electron chi connectivity index (χ0n) is 11.6. The molecule has 1 atom stereocenters. The van der Waals surface area contributed by atoms with Crippen LogP contribution >= 0.6 is 0 Å². The highest BCUT2D eigenvalue weighted by Gasteiger charge is 2.20. The zero-order valence-corrected chi connectivity index (χ0v) is 11.6. The summed E-state index contributed by atoms with van der Waals surface area (Å²) in [4.78, 5) is 0. The van der Waals surface area contributed by atoms with Gasteiger partial charge in [0.15, 0.2) is 0 Å². The molecule has 0 spiro atoms. The molecule has 1 nitrogen and oxygen atoms in total. The van der Waals surface area contributed by atoms with Gasteiger partial charge in [-0.25, -0.2) is 0 Å². The molecule has 0 aliphatic heterocycles. The van der Waals surface area contributed by atoms with Gasteiger partial charge >= 0.3 is 0 Å². The van der Waals surface area contributed by atoms with Gasteiger partial charge in [-0.15, -0.1) is 0 Å². The smallest absolute Gasteiger partial charge is 0.0968 e. The Bertz CT molecular complexity index is 743. The molecule has 2 aromatic rings. The predicted molar refractivity (Wildman–Crippen MR) is 87.1 cm³/mol. The predicted octanol–water partition coefficient (Wildman–Crippen LogP) is 4.86. The fourth-order valence-corrected chi connectivity index (χ4v) is 2.55. The van der Waals surface area contributed by atoms with Gasteiger partial charge in [-0.1, -0.05) is 85.0 Å². The third-order valence-corrected chi connectivity index (χ3v) is 3.58. The topological polar surface area (TPSA) is 23.8 Å². The summed E-state index contributed by atoms with van der Waals surface area (Å²) in [7, 11) is 0. The molecule has 0 saturated heterocycles. The number of hydrogen-bond acceptors (Lipinski definition) is 1. The molecule has 0 bridgehead atoms. The van der Waals surface area contributed by atoms with Crippen LogP contribution in [0.15, 0.2) is 84.5 Å². The van der Waals surface area contributed by atoms with Crippen molar-refractivity contribution >= 4 is 11.6 Å². The molecule has 1 unspecified atom stereocenters. The van der Waals surface area contributed by atoms with Crippen LogP contribution in [0.3, 0.4) is 0 Å². The third-order valence-electron chi connectivity index (χ3n) is 3.58. The van der Waals surface area contributed by atoms with E-state index < -0.39 is 0 Å². The number of nitriles is 1. The van der Waals surface area contributed by atoms with E-state index in [1.165, 1.54) is 0 Å². The van der Waals surface area contributed by atoms with E-state index in [1.807, 2.05) is 54.6 Å². The Morgan fingerprint density at radius 3 is 2.24 bits per heavy atom. The van der Waals surface area contributed by atoms with Crippen molar-refractivity contribution in [2.24, 2.45) is 5.92 Å². The summed E-state index contributed by atoms with van der Waals surface area (Å²) in [5, 5.41) is 9.61. The first-order valence-corrected chi connectivity index (χ1v) is 6.98. The van der Waals surface area contributed by atoms with Crippen molar-refractivity contribution in [1.82, 2.24) is 0 Å². The molecular formula is C20H15N. The van der Waals surface area contributed by atoms with Crippen molar-refractivity contribution in [3.05, 3.63) is 95.6 Å². The lowest BCUT2D eigenvalue weighted by molar-refractivity contribution is 1.04. The van der Waals surface area contributed by atoms with Gasteiger partial charge in [0.1, 0.15) is 0 Å². The van der Waals surface area contributed by atoms with E-state index in [0.717, 1.165) is 22.3 Å². The molecule has 1 aliphatic rings. The van der Waals surface area contributed by atoms with E-state index in [4.69, 9.17) is 0 Å². The number of allylic oxidation sites excluding steroid dienone is 5. The quantitative estimate of drug-likeness (QED) is 0.763. The van der Waals surface area contributed by atoms with Crippen molar-refractivity contribution in [1.29, 1.82) is 5.26 Å². The van der Waals surface area contributed by atoms with E-state index in [9.17, 15) is 5.26 Å². The van der Waals surface area contributed by atoms with E-state index in [0.29, 0.717) is 0 Å². The minimum absolute atomic E-state index is 0.224. The minimum atomic E-state index is -0.224. The van der Waals surface area contributed by atoms with Gasteiger partial charge in [0.25, 0.3) is 0 Å². The molecule has 0 N–H and O–H groups in total. The molecule has 1 aliphatic carbocycles. The van der Waals surface area contributed by atoms with Gasteiger partial charge in [-0.05, 0) is 22.3 Å². The van der Waals surface area contributed by atoms with Crippen molar-refractivity contribution in [3.63, 3.8) is 0 Å². The normalized spacial score (nSPS) is 19.1. The lowest BCUT2D eigenvalue weighted by Gasteiger charge is -2.18. The van der Waals surface area contributed by atoms with Gasteiger partial charge < -0.3 is 0 Å². The average molecular weight is 269 g/mol. The number of benzene rings is 2. The summed E-state index contributed by atoms with van der Waals surface area (Å²) < 4.78 is 0. The molecule has 0 radical (unpaired) electrons. The van der Waals surface area contributed by atoms with Crippen LogP contribution in [0.25, 0.3) is 11.6 Å². The van der Waals surface area contributed by atoms with Crippen LogP contribution in [0.4, 0.5) is 0 Å². The minimum Gasteiger partial charge on any atom is -0.197 e. The summed E-state index contributed by atoms with van der Waals surface area (Å²) in [6.45, 7) is 0. The second kappa shape index (κ2) is 6.07. The van der Waals surface area contributed by atoms with Crippen molar-refractivity contribution in [2.75, 3.05) is 0 Å². The standard InChI is InChI=1S/C20H15N/c21-15-20-18(14-16-8-3-1-4-9-16)12-7-13-19(20)17-10-5-2-6-11-17/h1-14,20H. The van der Waals surface area contributed by atoms with Crippen molar-refractivity contribution < 1.29 is 0 Å². The van der Waals surface area contributed by atoms with Gasteiger partial charge in [0.05, 0.1) is 12.0 Å². The lowest BCUT2D eigenvalue weighted by Crippen LogP contribution is -2.06. The Morgan fingerprint density at radius 2 is 1.57 bits per heavy atom. The first-order chi connectivity index (χ1) is 10.4. The Kier molecular flexibility index (Phi) is 3.80. The Hall–Kier alpha value is -2.85. The van der Waals surface area contributed by atoms with E-state index in [1.54, 1.807) is 0 Å². The summed E-state index contributed by atoms with van der Waals surface area (Å²) in [5.74, 6) is -0.224. The fourth-order valence-electron chi connectivity index (χ4n) is 2.55. The summed E-state index contributed by atoms with van der Waals surface area (Å²) in [6, 6.07) is 22.6. The second-order valence-electron chi connectivity index (χ2n) is 4.96. The maximum absolute atomic E-state index is 9.61. The first kappa shape index (κ1) is 13.1. The SMILES string of the molecule is N#CC1C(=Cc2ccccc2)C=CC=C1c1ccccc1. The van der Waals surface area contributed by atoms with Gasteiger partial charge in [0, 0.05) is 0 Å². The largest absolute Gasteiger partial charge is 0.197 e. The highest BCUT2D eigenvalue weighted by atomic mass is 14.3. The van der Waals surface area contributed by atoms with Crippen LogP contribution in [-0.4, -0.2) is 0 Å². The third kappa shape index (κ3) is 2.85. The molecule has 3 rings (SSSR count). The summed E-state index contributed by atoms with van der Waals surface area (Å²) >= 11 is 0. The summed E-state index contributed by atoms with van der Waals surface area (Å²) in [5.41, 5.74) is 4.31. The summed E-state index contributed by atoms with van der Waals surface area (Å²) in [6.07, 6.45) is 8.16. The van der Waals surface area contributed by atoms with Crippen LogP contribution in [0, 0.1) is 17.2 Å². The number of rotatable bonds is 2. The highest BCUT2D eigenvalue weighted by molar-refractivity contribution is 5.79. The molecule has 2 aromatic carbocycles. The van der Waals surface area contributed by atoms with E-state index >= 15 is 0 Å². The molecule has 0 saturated carbocycles. The van der Waals surface area contributed by atoms with Crippen molar-refractivity contribution in [2.45, 2.75) is 0 Å². The van der Waals surface area contributed by atoms with Gasteiger partial charge in [-0.3, -0.25) is 0 Å². The zero-order chi connectivity index (χ0) is 14.5. The van der Waals surface area contributed by atoms with E-state index in [2.05, 4.69) is 36.4 Å². The Morgan fingerprint density at radius 1 is 0.905 bits per heavy atom.